The van der Waals surface area contributed by atoms with Crippen LogP contribution in [0, 0.1) is 23.2 Å². The Hall–Kier alpha value is -0.870. The fraction of sp³-hybridized carbons (Fsp3) is 0.957. The van der Waals surface area contributed by atoms with E-state index >= 15 is 0 Å². The van der Waals surface area contributed by atoms with Gasteiger partial charge in [-0.15, -0.1) is 0 Å². The fourth-order valence-electron chi connectivity index (χ4n) is 6.92. The van der Waals surface area contributed by atoms with Gasteiger partial charge in [-0.2, -0.15) is 13.2 Å². The largest absolute Gasteiger partial charge is 0.405 e. The Labute approximate surface area is 221 Å². The van der Waals surface area contributed by atoms with Gasteiger partial charge in [0.25, 0.3) is 0 Å². The molecule has 5 fully saturated rings. The van der Waals surface area contributed by atoms with E-state index in [-0.39, 0.29) is 54.6 Å². The second-order valence-electron chi connectivity index (χ2n) is 11.2. The lowest BCUT2D eigenvalue weighted by Crippen LogP contribution is -2.68. The molecule has 1 saturated carbocycles. The first-order valence-corrected chi connectivity index (χ1v) is 14.1. The second kappa shape index (κ2) is 11.0. The summed E-state index contributed by atoms with van der Waals surface area (Å²) in [5.41, 5.74) is -0.0620. The number of nitrogens with zero attached hydrogens (tertiary/aromatic N) is 3. The zero-order valence-electron chi connectivity index (χ0n) is 21.9. The summed E-state index contributed by atoms with van der Waals surface area (Å²) in [6.07, 6.45) is -0.913. The summed E-state index contributed by atoms with van der Waals surface area (Å²) in [5, 5.41) is 19.0. The molecular formula is C23H41F3N8O2S. The summed E-state index contributed by atoms with van der Waals surface area (Å²) < 4.78 is 54.4. The molecule has 0 amide bonds. The van der Waals surface area contributed by atoms with Crippen LogP contribution in [0.15, 0.2) is 0 Å². The van der Waals surface area contributed by atoms with Gasteiger partial charge in [-0.05, 0) is 56.5 Å². The minimum absolute atomic E-state index is 0.00254. The molecule has 8 unspecified atom stereocenters. The lowest BCUT2D eigenvalue weighted by molar-refractivity contribution is -0.150. The lowest BCUT2D eigenvalue weighted by atomic mass is 9.80. The number of hydrogen-bond acceptors (Lipinski definition) is 9. The maximum atomic E-state index is 13.2. The summed E-state index contributed by atoms with van der Waals surface area (Å²) in [4.78, 5) is 6.04. The van der Waals surface area contributed by atoms with Crippen LogP contribution in [-0.4, -0.2) is 117 Å². The van der Waals surface area contributed by atoms with Crippen molar-refractivity contribution in [3.05, 3.63) is 0 Å². The van der Waals surface area contributed by atoms with Crippen molar-refractivity contribution >= 4 is 17.9 Å². The number of methoxy groups -OCH3 is 2. The van der Waals surface area contributed by atoms with Crippen molar-refractivity contribution in [1.29, 1.82) is 5.41 Å². The molecular weight excluding hydrogens is 509 g/mol. The predicted octanol–water partition coefficient (Wildman–Crippen LogP) is 0.793. The number of fused-ring (bicyclic) bond motifs is 1. The molecule has 14 heteroatoms. The predicted molar refractivity (Wildman–Crippen MR) is 135 cm³/mol. The van der Waals surface area contributed by atoms with Gasteiger partial charge in [0.15, 0.2) is 5.96 Å². The van der Waals surface area contributed by atoms with Crippen LogP contribution in [0.3, 0.4) is 0 Å². The molecule has 5 rings (SSSR count). The highest BCUT2D eigenvalue weighted by Gasteiger charge is 2.51. The summed E-state index contributed by atoms with van der Waals surface area (Å²) in [7, 11) is 7.16. The minimum atomic E-state index is -4.21. The standard InChI is InChI=1S/C23H41F3N8O2S/c1-32-11-15(23(24,25)26)29-18(32)13-7-5-12(6-8-13)10-34-19-14(33(2)22(34)27)9-28-17(30-19)16-20(35-3)31-37-21(16)36-4/h12-21,27-31H,5-11H2,1-4H3. The molecule has 5 aliphatic rings. The number of guanidine groups is 1. The Morgan fingerprint density at radius 3 is 2.41 bits per heavy atom. The number of nitrogens with one attached hydrogen (secondary N) is 5. The van der Waals surface area contributed by atoms with Gasteiger partial charge in [0.1, 0.15) is 23.9 Å². The van der Waals surface area contributed by atoms with Crippen LogP contribution in [0.25, 0.3) is 0 Å². The summed E-state index contributed by atoms with van der Waals surface area (Å²) in [6.45, 7) is 1.53. The number of halogens is 3. The van der Waals surface area contributed by atoms with Gasteiger partial charge in [0, 0.05) is 40.9 Å². The molecule has 4 heterocycles. The second-order valence-corrected chi connectivity index (χ2v) is 12.1. The molecule has 8 atom stereocenters. The third-order valence-corrected chi connectivity index (χ3v) is 10.1. The molecule has 0 radical (unpaired) electrons. The van der Waals surface area contributed by atoms with Crippen LogP contribution in [0.4, 0.5) is 13.2 Å². The quantitative estimate of drug-likeness (QED) is 0.306. The topological polar surface area (TPSA) is 100 Å². The Morgan fingerprint density at radius 1 is 1.05 bits per heavy atom. The molecule has 10 nitrogen and oxygen atoms in total. The molecule has 0 bridgehead atoms. The van der Waals surface area contributed by atoms with E-state index in [1.54, 1.807) is 21.3 Å². The average molecular weight is 551 g/mol. The van der Waals surface area contributed by atoms with E-state index in [4.69, 9.17) is 14.9 Å². The van der Waals surface area contributed by atoms with Crippen LogP contribution in [-0.2, 0) is 9.47 Å². The molecule has 4 aliphatic heterocycles. The normalized spacial score (nSPS) is 43.6. The Morgan fingerprint density at radius 2 is 1.78 bits per heavy atom. The van der Waals surface area contributed by atoms with E-state index in [0.717, 1.165) is 38.8 Å². The third-order valence-electron chi connectivity index (χ3n) is 9.04. The van der Waals surface area contributed by atoms with Gasteiger partial charge in [-0.25, -0.2) is 4.72 Å². The Bertz CT molecular complexity index is 807. The van der Waals surface area contributed by atoms with Crippen LogP contribution < -0.4 is 20.7 Å². The van der Waals surface area contributed by atoms with E-state index in [2.05, 4.69) is 25.6 Å². The highest BCUT2D eigenvalue weighted by molar-refractivity contribution is 7.98. The van der Waals surface area contributed by atoms with Gasteiger partial charge >= 0.3 is 6.18 Å². The number of alkyl halides is 3. The number of hydrogen-bond donors (Lipinski definition) is 5. The van der Waals surface area contributed by atoms with E-state index in [1.165, 1.54) is 11.9 Å². The summed E-state index contributed by atoms with van der Waals surface area (Å²) in [6, 6.07) is -1.31. The van der Waals surface area contributed by atoms with E-state index < -0.39 is 12.2 Å². The first kappa shape index (κ1) is 27.7. The van der Waals surface area contributed by atoms with Gasteiger partial charge in [-0.3, -0.25) is 26.3 Å². The zero-order valence-corrected chi connectivity index (χ0v) is 22.7. The fourth-order valence-corrected chi connectivity index (χ4v) is 8.00. The summed E-state index contributed by atoms with van der Waals surface area (Å²) in [5.74, 6) is 1.19. The van der Waals surface area contributed by atoms with Crippen molar-refractivity contribution in [2.24, 2.45) is 17.8 Å². The number of ether oxygens (including phenoxy) is 2. The average Bonchev–Trinajstić information content (AvgIpc) is 3.55. The third kappa shape index (κ3) is 5.32. The zero-order chi connectivity index (χ0) is 26.5. The molecule has 0 spiro atoms. The Kier molecular flexibility index (Phi) is 8.19. The summed E-state index contributed by atoms with van der Waals surface area (Å²) >= 11 is 1.53. The Balaban J connectivity index is 1.19. The molecule has 0 aromatic heterocycles. The van der Waals surface area contributed by atoms with Crippen molar-refractivity contribution in [2.45, 2.75) is 74.1 Å². The SMILES string of the molecule is COC1NSC(OC)C1C1NCC2C(N1)N(CC1CCC(C3NC(C(F)(F)F)CN3C)CC1)C(=N)N2C. The van der Waals surface area contributed by atoms with Gasteiger partial charge in [-0.1, -0.05) is 0 Å². The van der Waals surface area contributed by atoms with Crippen molar-refractivity contribution in [2.75, 3.05) is 47.9 Å². The first-order chi connectivity index (χ1) is 17.6. The minimum Gasteiger partial charge on any atom is -0.369 e. The van der Waals surface area contributed by atoms with Crippen LogP contribution >= 0.6 is 11.9 Å². The van der Waals surface area contributed by atoms with E-state index in [1.807, 2.05) is 16.8 Å². The van der Waals surface area contributed by atoms with E-state index in [9.17, 15) is 13.2 Å². The molecule has 5 N–H and O–H groups in total. The van der Waals surface area contributed by atoms with Crippen molar-refractivity contribution < 1.29 is 22.6 Å². The van der Waals surface area contributed by atoms with E-state index in [0.29, 0.717) is 11.9 Å². The first-order valence-electron chi connectivity index (χ1n) is 13.2. The maximum Gasteiger partial charge on any atom is 0.405 e. The molecule has 1 aliphatic carbocycles. The van der Waals surface area contributed by atoms with Gasteiger partial charge in [0.2, 0.25) is 0 Å². The van der Waals surface area contributed by atoms with Gasteiger partial charge in [0.05, 0.1) is 24.3 Å². The van der Waals surface area contributed by atoms with Crippen molar-refractivity contribution in [3.63, 3.8) is 0 Å². The lowest BCUT2D eigenvalue weighted by Gasteiger charge is -2.43. The van der Waals surface area contributed by atoms with Gasteiger partial charge < -0.3 is 19.3 Å². The molecule has 0 aromatic carbocycles. The van der Waals surface area contributed by atoms with Crippen LogP contribution in [0.5, 0.6) is 0 Å². The van der Waals surface area contributed by atoms with Crippen molar-refractivity contribution in [1.82, 2.24) is 35.4 Å². The maximum absolute atomic E-state index is 13.2. The number of likely N-dealkylation sites (N-methyl/N-ethyl adjacent to an activating group) is 2. The highest BCUT2D eigenvalue weighted by Crippen LogP contribution is 2.38. The molecule has 0 aromatic rings. The molecule has 37 heavy (non-hydrogen) atoms. The van der Waals surface area contributed by atoms with Crippen LogP contribution in [0.1, 0.15) is 25.7 Å². The smallest absolute Gasteiger partial charge is 0.369 e. The monoisotopic (exact) mass is 550 g/mol. The molecule has 4 saturated heterocycles. The van der Waals surface area contributed by atoms with Crippen molar-refractivity contribution in [3.8, 4) is 0 Å². The number of rotatable bonds is 6. The highest BCUT2D eigenvalue weighted by atomic mass is 32.2. The van der Waals surface area contributed by atoms with Crippen LogP contribution in [0.2, 0.25) is 0 Å². The molecule has 212 valence electrons.